The van der Waals surface area contributed by atoms with Crippen LogP contribution in [0.25, 0.3) is 0 Å². The number of ketones is 1. The van der Waals surface area contributed by atoms with Gasteiger partial charge in [-0.25, -0.2) is 9.59 Å². The molecule has 16 unspecified atom stereocenters. The quantitative estimate of drug-likeness (QED) is 0.104. The molecule has 278 valence electrons. The third-order valence-corrected chi connectivity index (χ3v) is 12.5. The van der Waals surface area contributed by atoms with Gasteiger partial charge in [0.05, 0.1) is 32.3 Å². The maximum absolute atomic E-state index is 14.8. The lowest BCUT2D eigenvalue weighted by molar-refractivity contribution is -0.297. The Morgan fingerprint density at radius 2 is 1.78 bits per heavy atom. The molecule has 6 rings (SSSR count). The van der Waals surface area contributed by atoms with E-state index in [4.69, 9.17) is 28.4 Å². The molecule has 2 bridgehead atoms. The Hall–Kier alpha value is -2.89. The molecule has 2 saturated carbocycles. The van der Waals surface area contributed by atoms with Gasteiger partial charge in [0.25, 0.3) is 0 Å². The third-order valence-electron chi connectivity index (χ3n) is 12.5. The molecule has 3 aliphatic carbocycles. The lowest BCUT2D eigenvalue weighted by atomic mass is 9.37. The molecule has 3 aliphatic heterocycles. The normalized spacial score (nSPS) is 48.2. The van der Waals surface area contributed by atoms with Crippen LogP contribution in [0.2, 0.25) is 0 Å². The van der Waals surface area contributed by atoms with Crippen molar-refractivity contribution in [2.24, 2.45) is 40.4 Å². The van der Waals surface area contributed by atoms with Gasteiger partial charge in [0.1, 0.15) is 42.4 Å². The van der Waals surface area contributed by atoms with Crippen LogP contribution in [0.1, 0.15) is 41.0 Å². The number of aliphatic hydroxyl groups excluding tert-OH is 6. The SMILES string of the molecule is C=C(C=C(C)C(C)C)OC1C(=O)OC2CC3C(C)C=C(OC4OC(CO)C(O)C(O)C4O)C(=O)C3(C)C3C(O)C(O)C4(C(=O)OC)OCC23C14. The number of Topliss-reactive ketones (excluding diaryl/α,β-unsaturated/α-hetero) is 1. The summed E-state index contributed by atoms with van der Waals surface area (Å²) in [5.41, 5.74) is -4.42. The van der Waals surface area contributed by atoms with E-state index in [1.54, 1.807) is 19.9 Å². The van der Waals surface area contributed by atoms with E-state index < -0.39 is 120 Å². The molecule has 6 N–H and O–H groups in total. The molecule has 3 saturated heterocycles. The summed E-state index contributed by atoms with van der Waals surface area (Å²) in [5.74, 6) is -6.16. The van der Waals surface area contributed by atoms with Crippen molar-refractivity contribution in [1.29, 1.82) is 0 Å². The van der Waals surface area contributed by atoms with Gasteiger partial charge in [-0.2, -0.15) is 0 Å². The average Bonchev–Trinajstić information content (AvgIpc) is 3.38. The van der Waals surface area contributed by atoms with Gasteiger partial charge in [-0.05, 0) is 43.3 Å². The van der Waals surface area contributed by atoms with Crippen LogP contribution in [0.3, 0.4) is 0 Å². The summed E-state index contributed by atoms with van der Waals surface area (Å²) >= 11 is 0. The number of hydrogen-bond donors (Lipinski definition) is 6. The Labute approximate surface area is 289 Å². The van der Waals surface area contributed by atoms with Crippen LogP contribution >= 0.6 is 0 Å². The fourth-order valence-electron chi connectivity index (χ4n) is 9.82. The second-order valence-corrected chi connectivity index (χ2v) is 15.2. The van der Waals surface area contributed by atoms with Crippen LogP contribution in [-0.4, -0.2) is 129 Å². The second kappa shape index (κ2) is 12.7. The maximum atomic E-state index is 14.8. The molecule has 0 amide bonds. The average molecular weight is 709 g/mol. The van der Waals surface area contributed by atoms with Crippen LogP contribution in [0.4, 0.5) is 0 Å². The third kappa shape index (κ3) is 4.88. The zero-order valence-corrected chi connectivity index (χ0v) is 28.9. The predicted molar refractivity (Wildman–Crippen MR) is 168 cm³/mol. The molecule has 0 aromatic rings. The van der Waals surface area contributed by atoms with Gasteiger partial charge in [-0.15, -0.1) is 0 Å². The topological polar surface area (TPSA) is 228 Å². The minimum atomic E-state index is -2.28. The van der Waals surface area contributed by atoms with Crippen molar-refractivity contribution in [2.45, 2.75) is 102 Å². The summed E-state index contributed by atoms with van der Waals surface area (Å²) in [6.07, 6.45) is -11.2. The number of allylic oxidation sites excluding steroid dienone is 4. The van der Waals surface area contributed by atoms with Crippen LogP contribution in [0.15, 0.2) is 35.8 Å². The number of carbonyl (C=O) groups is 3. The number of methoxy groups -OCH3 is 1. The first-order chi connectivity index (χ1) is 23.4. The highest BCUT2D eigenvalue weighted by atomic mass is 16.7. The number of ether oxygens (including phenoxy) is 6. The Morgan fingerprint density at radius 3 is 2.40 bits per heavy atom. The number of esters is 2. The fourth-order valence-corrected chi connectivity index (χ4v) is 9.82. The lowest BCUT2D eigenvalue weighted by Crippen LogP contribution is -2.80. The summed E-state index contributed by atoms with van der Waals surface area (Å²) in [5, 5.41) is 65.0. The molecule has 5 fully saturated rings. The summed E-state index contributed by atoms with van der Waals surface area (Å²) in [7, 11) is 1.09. The number of fused-ring (bicyclic) bond motifs is 2. The zero-order valence-electron chi connectivity index (χ0n) is 28.9. The van der Waals surface area contributed by atoms with Gasteiger partial charge in [0, 0.05) is 16.7 Å². The van der Waals surface area contributed by atoms with E-state index in [0.717, 1.165) is 12.7 Å². The first-order valence-corrected chi connectivity index (χ1v) is 17.0. The van der Waals surface area contributed by atoms with Crippen LogP contribution in [-0.2, 0) is 42.8 Å². The molecule has 1 spiro atoms. The Balaban J connectivity index is 1.45. The molecular formula is C35H48O15. The Bertz CT molecular complexity index is 1490. The monoisotopic (exact) mass is 708 g/mol. The minimum Gasteiger partial charge on any atom is -0.479 e. The van der Waals surface area contributed by atoms with Crippen molar-refractivity contribution in [1.82, 2.24) is 0 Å². The van der Waals surface area contributed by atoms with E-state index >= 15 is 0 Å². The number of hydrogen-bond acceptors (Lipinski definition) is 15. The van der Waals surface area contributed by atoms with Crippen molar-refractivity contribution in [3.05, 3.63) is 35.8 Å². The molecular weight excluding hydrogens is 660 g/mol. The molecule has 0 radical (unpaired) electrons. The van der Waals surface area contributed by atoms with Crippen molar-refractivity contribution in [2.75, 3.05) is 20.3 Å². The number of aliphatic hydroxyl groups is 6. The molecule has 15 nitrogen and oxygen atoms in total. The number of carbonyl (C=O) groups excluding carboxylic acids is 3. The highest BCUT2D eigenvalue weighted by molar-refractivity contribution is 6.00. The molecule has 15 heteroatoms. The number of rotatable bonds is 8. The van der Waals surface area contributed by atoms with E-state index in [1.165, 1.54) is 6.08 Å². The van der Waals surface area contributed by atoms with Crippen molar-refractivity contribution >= 4 is 17.7 Å². The molecule has 16 atom stereocenters. The van der Waals surface area contributed by atoms with Crippen molar-refractivity contribution in [3.8, 4) is 0 Å². The lowest BCUT2D eigenvalue weighted by Gasteiger charge is -2.67. The molecule has 0 aromatic heterocycles. The summed E-state index contributed by atoms with van der Waals surface area (Å²) in [6, 6.07) is 0. The van der Waals surface area contributed by atoms with E-state index in [9.17, 15) is 45.0 Å². The summed E-state index contributed by atoms with van der Waals surface area (Å²) in [4.78, 5) is 42.4. The van der Waals surface area contributed by atoms with E-state index in [2.05, 4.69) is 6.58 Å². The highest BCUT2D eigenvalue weighted by Gasteiger charge is 2.86. The zero-order chi connectivity index (χ0) is 36.8. The van der Waals surface area contributed by atoms with Gasteiger partial charge in [0.2, 0.25) is 23.8 Å². The summed E-state index contributed by atoms with van der Waals surface area (Å²) in [6.45, 7) is 12.1. The van der Waals surface area contributed by atoms with Gasteiger partial charge in [-0.1, -0.05) is 39.8 Å². The standard InChI is InChI=1S/C35H48O15/c1-13(2)14(3)8-16(5)47-25-27-34-12-46-35(27,32(44)45-7)29(42)24(40)26(34)33(6)17(10-20(34)50-30(25)43)15(4)9-18(28(33)41)48-31-23(39)22(38)21(37)19(11-36)49-31/h8-9,13,15,17,19-27,29,31,36-40,42H,5,10-12H2,1-4,6-7H3. The predicted octanol–water partition coefficient (Wildman–Crippen LogP) is -0.745. The van der Waals surface area contributed by atoms with Crippen LogP contribution in [0.5, 0.6) is 0 Å². The molecule has 6 aliphatic rings. The largest absolute Gasteiger partial charge is 0.479 e. The van der Waals surface area contributed by atoms with Crippen molar-refractivity contribution < 1.29 is 73.4 Å². The van der Waals surface area contributed by atoms with Crippen LogP contribution in [0, 0.1) is 40.4 Å². The van der Waals surface area contributed by atoms with E-state index in [-0.39, 0.29) is 30.5 Å². The second-order valence-electron chi connectivity index (χ2n) is 15.2. The molecule has 0 aromatic carbocycles. The molecule has 50 heavy (non-hydrogen) atoms. The highest BCUT2D eigenvalue weighted by Crippen LogP contribution is 2.72. The van der Waals surface area contributed by atoms with Crippen molar-refractivity contribution in [3.63, 3.8) is 0 Å². The Morgan fingerprint density at radius 1 is 1.10 bits per heavy atom. The summed E-state index contributed by atoms with van der Waals surface area (Å²) < 4.78 is 35.1. The van der Waals surface area contributed by atoms with Crippen LogP contribution < -0.4 is 0 Å². The first kappa shape index (κ1) is 36.9. The Kier molecular flexibility index (Phi) is 9.34. The fraction of sp³-hybridized carbons (Fsp3) is 0.743. The van der Waals surface area contributed by atoms with Gasteiger partial charge in [0.15, 0.2) is 5.76 Å². The van der Waals surface area contributed by atoms with Gasteiger partial charge >= 0.3 is 11.9 Å². The minimum absolute atomic E-state index is 0.0880. The maximum Gasteiger partial charge on any atom is 0.348 e. The van der Waals surface area contributed by atoms with Gasteiger partial charge < -0.3 is 59.1 Å². The van der Waals surface area contributed by atoms with Gasteiger partial charge in [-0.3, -0.25) is 4.79 Å². The molecule has 3 heterocycles. The smallest absolute Gasteiger partial charge is 0.348 e. The van der Waals surface area contributed by atoms with E-state index in [1.807, 2.05) is 20.8 Å². The van der Waals surface area contributed by atoms with E-state index in [0.29, 0.717) is 0 Å². The first-order valence-electron chi connectivity index (χ1n) is 17.0.